The Morgan fingerprint density at radius 3 is 2.59 bits per heavy atom. The topological polar surface area (TPSA) is 102 Å². The van der Waals surface area contributed by atoms with Gasteiger partial charge in [-0.1, -0.05) is 30.0 Å². The first-order valence-electron chi connectivity index (χ1n) is 9.08. The summed E-state index contributed by atoms with van der Waals surface area (Å²) >= 11 is 2.67. The lowest BCUT2D eigenvalue weighted by Crippen LogP contribution is -2.29. The Morgan fingerprint density at radius 2 is 1.93 bits per heavy atom. The Labute approximate surface area is 177 Å². The van der Waals surface area contributed by atoms with Gasteiger partial charge in [-0.05, 0) is 32.9 Å². The molecular formula is C19H22N6O2S2. The number of hydrogen-bond donors (Lipinski definition) is 2. The maximum Gasteiger partial charge on any atom is 0.251 e. The third-order valence-corrected chi connectivity index (χ3v) is 5.62. The number of thioether (sulfide) groups is 1. The monoisotopic (exact) mass is 430 g/mol. The van der Waals surface area contributed by atoms with Crippen molar-refractivity contribution in [1.29, 1.82) is 0 Å². The molecule has 0 saturated heterocycles. The minimum absolute atomic E-state index is 0.0700. The van der Waals surface area contributed by atoms with Crippen molar-refractivity contribution in [3.05, 3.63) is 53.3 Å². The van der Waals surface area contributed by atoms with Crippen LogP contribution in [0.3, 0.4) is 0 Å². The van der Waals surface area contributed by atoms with E-state index in [1.165, 1.54) is 23.1 Å². The largest absolute Gasteiger partial charge is 0.342 e. The number of hydrogen-bond acceptors (Lipinski definition) is 7. The molecule has 2 aromatic heterocycles. The minimum atomic E-state index is -0.337. The van der Waals surface area contributed by atoms with Crippen LogP contribution in [-0.2, 0) is 4.79 Å². The molecule has 10 heteroatoms. The van der Waals surface area contributed by atoms with E-state index < -0.39 is 0 Å². The molecule has 0 saturated carbocycles. The number of carbonyl (C=O) groups is 2. The second kappa shape index (κ2) is 9.66. The molecule has 0 aliphatic carbocycles. The molecule has 1 aromatic carbocycles. The van der Waals surface area contributed by atoms with E-state index in [1.807, 2.05) is 43.5 Å². The highest BCUT2D eigenvalue weighted by atomic mass is 32.2. The van der Waals surface area contributed by atoms with Gasteiger partial charge in [-0.15, -0.1) is 21.5 Å². The Morgan fingerprint density at radius 1 is 1.17 bits per heavy atom. The van der Waals surface area contributed by atoms with Crippen LogP contribution in [0, 0.1) is 0 Å². The van der Waals surface area contributed by atoms with Crippen LogP contribution in [0.4, 0.5) is 5.13 Å². The van der Waals surface area contributed by atoms with Crippen LogP contribution in [0.5, 0.6) is 0 Å². The smallest absolute Gasteiger partial charge is 0.251 e. The number of benzene rings is 1. The molecule has 0 fully saturated rings. The van der Waals surface area contributed by atoms with Gasteiger partial charge in [-0.2, -0.15) is 0 Å². The van der Waals surface area contributed by atoms with Crippen LogP contribution in [0.15, 0.2) is 47.1 Å². The molecule has 152 valence electrons. The number of nitrogens with zero attached hydrogens (tertiary/aromatic N) is 4. The Hall–Kier alpha value is -2.72. The van der Waals surface area contributed by atoms with Crippen LogP contribution in [-0.4, -0.2) is 37.3 Å². The van der Waals surface area contributed by atoms with Crippen LogP contribution >= 0.6 is 23.1 Å². The molecule has 3 aromatic rings. The molecule has 2 N–H and O–H groups in total. The number of thiazole rings is 1. The molecule has 0 bridgehead atoms. The zero-order valence-corrected chi connectivity index (χ0v) is 18.0. The molecule has 8 nitrogen and oxygen atoms in total. The van der Waals surface area contributed by atoms with Gasteiger partial charge < -0.3 is 15.2 Å². The second-order valence-electron chi connectivity index (χ2n) is 6.54. The highest BCUT2D eigenvalue weighted by Gasteiger charge is 2.22. The summed E-state index contributed by atoms with van der Waals surface area (Å²) < 4.78 is 1.94. The van der Waals surface area contributed by atoms with Crippen molar-refractivity contribution < 1.29 is 9.59 Å². The van der Waals surface area contributed by atoms with E-state index in [2.05, 4.69) is 25.8 Å². The van der Waals surface area contributed by atoms with E-state index in [1.54, 1.807) is 23.7 Å². The molecule has 2 amide bonds. The highest BCUT2D eigenvalue weighted by Crippen LogP contribution is 2.25. The molecule has 0 radical (unpaired) electrons. The Balaban J connectivity index is 1.67. The number of amides is 2. The Kier molecular flexibility index (Phi) is 6.99. The van der Waals surface area contributed by atoms with Gasteiger partial charge in [0.1, 0.15) is 0 Å². The number of rotatable bonds is 8. The third-order valence-electron chi connectivity index (χ3n) is 3.99. The van der Waals surface area contributed by atoms with Gasteiger partial charge in [-0.3, -0.25) is 9.59 Å². The van der Waals surface area contributed by atoms with Gasteiger partial charge >= 0.3 is 0 Å². The normalized spacial score (nSPS) is 12.0. The van der Waals surface area contributed by atoms with Gasteiger partial charge in [0.05, 0.1) is 11.8 Å². The van der Waals surface area contributed by atoms with E-state index in [9.17, 15) is 9.59 Å². The summed E-state index contributed by atoms with van der Waals surface area (Å²) in [6.45, 7) is 5.89. The van der Waals surface area contributed by atoms with Crippen molar-refractivity contribution in [3.8, 4) is 0 Å². The van der Waals surface area contributed by atoms with Gasteiger partial charge in [0.15, 0.2) is 16.1 Å². The van der Waals surface area contributed by atoms with Crippen molar-refractivity contribution in [1.82, 2.24) is 25.1 Å². The maximum absolute atomic E-state index is 12.5. The molecule has 29 heavy (non-hydrogen) atoms. The number of nitrogens with one attached hydrogen (secondary N) is 2. The number of aromatic nitrogens is 4. The number of carbonyl (C=O) groups excluding carboxylic acids is 2. The van der Waals surface area contributed by atoms with Crippen molar-refractivity contribution in [2.75, 3.05) is 11.1 Å². The lowest BCUT2D eigenvalue weighted by molar-refractivity contribution is -0.113. The predicted octanol–water partition coefficient (Wildman–Crippen LogP) is 3.54. The van der Waals surface area contributed by atoms with Gasteiger partial charge in [-0.25, -0.2) is 4.98 Å². The van der Waals surface area contributed by atoms with Crippen molar-refractivity contribution in [3.63, 3.8) is 0 Å². The first kappa shape index (κ1) is 21.0. The summed E-state index contributed by atoms with van der Waals surface area (Å²) in [7, 11) is 0. The standard InChI is InChI=1S/C19H22N6O2S2/c1-12(2)25-16(13(3)21-17(27)14-7-5-4-6-8-14)23-24-19(25)29-11-15(26)22-18-20-9-10-28-18/h4-10,12-13H,11H2,1-3H3,(H,21,27)(H,20,22,26)/t13-/m0/s1. The summed E-state index contributed by atoms with van der Waals surface area (Å²) in [6, 6.07) is 8.76. The summed E-state index contributed by atoms with van der Waals surface area (Å²) in [6.07, 6.45) is 1.64. The quantitative estimate of drug-likeness (QED) is 0.530. The molecular weight excluding hydrogens is 408 g/mol. The van der Waals surface area contributed by atoms with E-state index in [-0.39, 0.29) is 29.7 Å². The van der Waals surface area contributed by atoms with Gasteiger partial charge in [0.2, 0.25) is 5.91 Å². The van der Waals surface area contributed by atoms with E-state index >= 15 is 0 Å². The first-order chi connectivity index (χ1) is 14.0. The summed E-state index contributed by atoms with van der Waals surface area (Å²) in [5.74, 6) is 0.505. The summed E-state index contributed by atoms with van der Waals surface area (Å²) in [5, 5.41) is 17.2. The minimum Gasteiger partial charge on any atom is -0.342 e. The molecule has 0 aliphatic rings. The predicted molar refractivity (Wildman–Crippen MR) is 114 cm³/mol. The van der Waals surface area contributed by atoms with Crippen molar-refractivity contribution >= 4 is 40.0 Å². The summed E-state index contributed by atoms with van der Waals surface area (Å²) in [5.41, 5.74) is 0.586. The number of anilines is 1. The van der Waals surface area contributed by atoms with Crippen LogP contribution < -0.4 is 10.6 Å². The Bertz CT molecular complexity index is 957. The third kappa shape index (κ3) is 5.42. The lowest BCUT2D eigenvalue weighted by atomic mass is 10.2. The fourth-order valence-corrected chi connectivity index (χ4v) is 4.09. The van der Waals surface area contributed by atoms with Gasteiger partial charge in [0.25, 0.3) is 5.91 Å². The van der Waals surface area contributed by atoms with Crippen LogP contribution in [0.1, 0.15) is 49.0 Å². The highest BCUT2D eigenvalue weighted by molar-refractivity contribution is 7.99. The SMILES string of the molecule is CC(C)n1c(SCC(=O)Nc2nccs2)nnc1[C@H](C)NC(=O)c1ccccc1. The van der Waals surface area contributed by atoms with Crippen molar-refractivity contribution in [2.24, 2.45) is 0 Å². The van der Waals surface area contributed by atoms with Crippen LogP contribution in [0.2, 0.25) is 0 Å². The molecule has 3 rings (SSSR count). The fourth-order valence-electron chi connectivity index (χ4n) is 2.67. The van der Waals surface area contributed by atoms with Gasteiger partial charge in [0, 0.05) is 23.2 Å². The molecule has 2 heterocycles. The average Bonchev–Trinajstić information content (AvgIpc) is 3.36. The fraction of sp³-hybridized carbons (Fsp3) is 0.316. The van der Waals surface area contributed by atoms with E-state index in [0.717, 1.165) is 0 Å². The molecule has 1 atom stereocenters. The zero-order chi connectivity index (χ0) is 20.8. The lowest BCUT2D eigenvalue weighted by Gasteiger charge is -2.18. The zero-order valence-electron chi connectivity index (χ0n) is 16.3. The molecule has 0 aliphatic heterocycles. The average molecular weight is 431 g/mol. The first-order valence-corrected chi connectivity index (χ1v) is 10.9. The molecule has 0 unspecified atom stereocenters. The molecule has 0 spiro atoms. The summed E-state index contributed by atoms with van der Waals surface area (Å²) in [4.78, 5) is 28.6. The van der Waals surface area contributed by atoms with E-state index in [4.69, 9.17) is 0 Å². The second-order valence-corrected chi connectivity index (χ2v) is 8.38. The van der Waals surface area contributed by atoms with Crippen LogP contribution in [0.25, 0.3) is 0 Å². The maximum atomic E-state index is 12.5. The van der Waals surface area contributed by atoms with E-state index in [0.29, 0.717) is 21.7 Å². The van der Waals surface area contributed by atoms with Crippen molar-refractivity contribution in [2.45, 2.75) is 38.0 Å².